The number of hydrogen-bond donors (Lipinski definition) is 1. The van der Waals surface area contributed by atoms with Crippen molar-refractivity contribution in [1.29, 1.82) is 0 Å². The highest BCUT2D eigenvalue weighted by molar-refractivity contribution is 5.97. The zero-order valence-electron chi connectivity index (χ0n) is 18.5. The number of Topliss-reactive ketones (excluding diaryl/α,β-unsaturated/α-hetero) is 1. The summed E-state index contributed by atoms with van der Waals surface area (Å²) >= 11 is 0. The van der Waals surface area contributed by atoms with Crippen molar-refractivity contribution in [3.05, 3.63) is 101 Å². The fourth-order valence-corrected chi connectivity index (χ4v) is 3.80. The molecule has 2 aromatic heterocycles. The summed E-state index contributed by atoms with van der Waals surface area (Å²) in [7, 11) is 0. The first-order valence-corrected chi connectivity index (χ1v) is 10.4. The third-order valence-electron chi connectivity index (χ3n) is 5.56. The maximum Gasteiger partial charge on any atom is 0.182 e. The smallest absolute Gasteiger partial charge is 0.182 e. The van der Waals surface area contributed by atoms with E-state index >= 15 is 0 Å². The van der Waals surface area contributed by atoms with Gasteiger partial charge in [-0.25, -0.2) is 22.5 Å². The van der Waals surface area contributed by atoms with Crippen LogP contribution in [-0.2, 0) is 6.61 Å². The molecular weight excluding hydrogens is 488 g/mol. The molecule has 1 N–H and O–H groups in total. The van der Waals surface area contributed by atoms with Gasteiger partial charge in [0, 0.05) is 18.5 Å². The van der Waals surface area contributed by atoms with E-state index in [0.29, 0.717) is 17.3 Å². The summed E-state index contributed by atoms with van der Waals surface area (Å²) in [6.07, 6.45) is 1.53. The van der Waals surface area contributed by atoms with E-state index in [1.807, 2.05) is 0 Å². The van der Waals surface area contributed by atoms with Gasteiger partial charge in [0.15, 0.2) is 28.8 Å². The Morgan fingerprint density at radius 2 is 1.74 bits per heavy atom. The predicted molar refractivity (Wildman–Crippen MR) is 123 cm³/mol. The van der Waals surface area contributed by atoms with Gasteiger partial charge in [0.25, 0.3) is 0 Å². The molecule has 35 heavy (non-hydrogen) atoms. The number of nitrogens with zero attached hydrogens (tertiary/aromatic N) is 2. The third-order valence-corrected chi connectivity index (χ3v) is 5.56. The number of aryl methyl sites for hydroxylation is 1. The number of rotatable bonds is 8. The SMILES string of the molecule is Cc1nc2c(OCc3c(F)ccc(F)c3F)cccn2c1C(=O)C[C@@H](CO)c1ccc(F)cc1.Cl. The number of ether oxygens (including phenoxy) is 1. The summed E-state index contributed by atoms with van der Waals surface area (Å²) in [4.78, 5) is 17.5. The third kappa shape index (κ3) is 5.31. The number of pyridine rings is 1. The first-order chi connectivity index (χ1) is 16.3. The van der Waals surface area contributed by atoms with E-state index in [9.17, 15) is 27.5 Å². The van der Waals surface area contributed by atoms with Crippen LogP contribution < -0.4 is 4.74 Å². The van der Waals surface area contributed by atoms with Crippen LogP contribution in [0.4, 0.5) is 17.6 Å². The molecule has 10 heteroatoms. The lowest BCUT2D eigenvalue weighted by Gasteiger charge is -2.14. The summed E-state index contributed by atoms with van der Waals surface area (Å²) in [6, 6.07) is 10.1. The number of hydrogen-bond acceptors (Lipinski definition) is 4. The van der Waals surface area contributed by atoms with Crippen molar-refractivity contribution in [2.75, 3.05) is 6.61 Å². The van der Waals surface area contributed by atoms with Crippen molar-refractivity contribution in [3.8, 4) is 5.75 Å². The zero-order chi connectivity index (χ0) is 24.4. The average molecular weight is 509 g/mol. The Bertz CT molecular complexity index is 1360. The van der Waals surface area contributed by atoms with Gasteiger partial charge in [0.1, 0.15) is 23.9 Å². The van der Waals surface area contributed by atoms with E-state index in [1.165, 1.54) is 34.7 Å². The Morgan fingerprint density at radius 1 is 1.06 bits per heavy atom. The van der Waals surface area contributed by atoms with Crippen molar-refractivity contribution >= 4 is 23.8 Å². The first-order valence-electron chi connectivity index (χ1n) is 10.4. The minimum atomic E-state index is -1.34. The van der Waals surface area contributed by atoms with Crippen LogP contribution in [-0.4, -0.2) is 26.9 Å². The molecule has 184 valence electrons. The van der Waals surface area contributed by atoms with Gasteiger partial charge >= 0.3 is 0 Å². The van der Waals surface area contributed by atoms with Gasteiger partial charge in [-0.2, -0.15) is 0 Å². The van der Waals surface area contributed by atoms with Crippen molar-refractivity contribution in [3.63, 3.8) is 0 Å². The van der Waals surface area contributed by atoms with Crippen LogP contribution in [0.1, 0.15) is 39.6 Å². The van der Waals surface area contributed by atoms with Crippen LogP contribution in [0.5, 0.6) is 5.75 Å². The summed E-state index contributed by atoms with van der Waals surface area (Å²) < 4.78 is 61.6. The molecule has 2 aromatic carbocycles. The van der Waals surface area contributed by atoms with Crippen LogP contribution >= 0.6 is 12.4 Å². The van der Waals surface area contributed by atoms with Crippen LogP contribution in [0.15, 0.2) is 54.7 Å². The molecule has 4 rings (SSSR count). The quantitative estimate of drug-likeness (QED) is 0.193. The lowest BCUT2D eigenvalue weighted by atomic mass is 9.93. The second-order valence-electron chi connectivity index (χ2n) is 7.78. The minimum absolute atomic E-state index is 0. The Morgan fingerprint density at radius 3 is 2.43 bits per heavy atom. The monoisotopic (exact) mass is 508 g/mol. The molecule has 2 heterocycles. The molecule has 0 amide bonds. The van der Waals surface area contributed by atoms with E-state index in [4.69, 9.17) is 4.74 Å². The van der Waals surface area contributed by atoms with E-state index in [-0.39, 0.29) is 48.3 Å². The van der Waals surface area contributed by atoms with Gasteiger partial charge < -0.3 is 9.84 Å². The van der Waals surface area contributed by atoms with Crippen LogP contribution in [0, 0.1) is 30.2 Å². The second kappa shape index (κ2) is 10.9. The van der Waals surface area contributed by atoms with E-state index in [1.54, 1.807) is 19.2 Å². The van der Waals surface area contributed by atoms with Gasteiger partial charge in [-0.1, -0.05) is 12.1 Å². The molecule has 0 radical (unpaired) electrons. The lowest BCUT2D eigenvalue weighted by Crippen LogP contribution is -2.14. The number of aliphatic hydroxyl groups is 1. The molecule has 0 fully saturated rings. The predicted octanol–water partition coefficient (Wildman–Crippen LogP) is 5.55. The van der Waals surface area contributed by atoms with Crippen LogP contribution in [0.2, 0.25) is 0 Å². The molecule has 0 saturated heterocycles. The van der Waals surface area contributed by atoms with Gasteiger partial charge in [0.2, 0.25) is 0 Å². The van der Waals surface area contributed by atoms with Gasteiger partial charge in [0.05, 0.1) is 17.9 Å². The van der Waals surface area contributed by atoms with Crippen LogP contribution in [0.3, 0.4) is 0 Å². The summed E-state index contributed by atoms with van der Waals surface area (Å²) in [6.45, 7) is 0.732. The molecular formula is C25H21ClF4N2O3. The molecule has 0 aliphatic carbocycles. The highest BCUT2D eigenvalue weighted by Crippen LogP contribution is 2.27. The number of ketones is 1. The first kappa shape index (κ1) is 26.2. The summed E-state index contributed by atoms with van der Waals surface area (Å²) in [5, 5.41) is 9.79. The number of halogens is 5. The Balaban J connectivity index is 0.00000342. The number of aliphatic hydroxyl groups excluding tert-OH is 1. The summed E-state index contributed by atoms with van der Waals surface area (Å²) in [5.74, 6) is -4.61. The summed E-state index contributed by atoms with van der Waals surface area (Å²) in [5.41, 5.74) is 0.936. The highest BCUT2D eigenvalue weighted by Gasteiger charge is 2.23. The maximum absolute atomic E-state index is 14.0. The molecule has 0 bridgehead atoms. The van der Waals surface area contributed by atoms with Gasteiger partial charge in [-0.3, -0.25) is 9.20 Å². The molecule has 0 aliphatic heterocycles. The average Bonchev–Trinajstić information content (AvgIpc) is 3.17. The molecule has 0 aliphatic rings. The van der Waals surface area contributed by atoms with Crippen molar-refractivity contribution < 1.29 is 32.2 Å². The van der Waals surface area contributed by atoms with Crippen molar-refractivity contribution in [2.45, 2.75) is 25.9 Å². The van der Waals surface area contributed by atoms with Crippen molar-refractivity contribution in [2.24, 2.45) is 0 Å². The number of fused-ring (bicyclic) bond motifs is 1. The van der Waals surface area contributed by atoms with Crippen molar-refractivity contribution in [1.82, 2.24) is 9.38 Å². The topological polar surface area (TPSA) is 63.8 Å². The van der Waals surface area contributed by atoms with Gasteiger partial charge in [-0.05, 0) is 48.9 Å². The molecule has 1 atom stereocenters. The molecule has 0 saturated carbocycles. The molecule has 0 unspecified atom stereocenters. The lowest BCUT2D eigenvalue weighted by molar-refractivity contribution is 0.0953. The maximum atomic E-state index is 14.0. The molecule has 0 spiro atoms. The number of imidazole rings is 1. The Labute approximate surface area is 204 Å². The highest BCUT2D eigenvalue weighted by atomic mass is 35.5. The number of carbonyl (C=O) groups is 1. The number of benzene rings is 2. The minimum Gasteiger partial charge on any atom is -0.485 e. The number of carbonyl (C=O) groups excluding carboxylic acids is 1. The van der Waals surface area contributed by atoms with E-state index in [2.05, 4.69) is 4.98 Å². The van der Waals surface area contributed by atoms with Crippen LogP contribution in [0.25, 0.3) is 5.65 Å². The number of aromatic nitrogens is 2. The van der Waals surface area contributed by atoms with Gasteiger partial charge in [-0.15, -0.1) is 12.4 Å². The zero-order valence-corrected chi connectivity index (χ0v) is 19.3. The normalized spacial score (nSPS) is 11.8. The largest absolute Gasteiger partial charge is 0.485 e. The standard InChI is InChI=1S/C25H20F4N2O3.ClH/c1-14-24(21(33)11-16(12-32)15-4-6-17(26)7-5-15)31-10-2-3-22(25(31)30-14)34-13-18-19(27)8-9-20(28)23(18)29;/h2-10,16,32H,11-13H2,1H3;1H/t16-;/m0./s1. The fourth-order valence-electron chi connectivity index (χ4n) is 3.80. The molecule has 5 nitrogen and oxygen atoms in total. The molecule has 4 aromatic rings. The second-order valence-corrected chi connectivity index (χ2v) is 7.78. The Hall–Kier alpha value is -3.43. The van der Waals surface area contributed by atoms with E-state index < -0.39 is 41.4 Å². The fraction of sp³-hybridized carbons (Fsp3) is 0.200. The Kier molecular flexibility index (Phi) is 8.14. The van der Waals surface area contributed by atoms with E-state index in [0.717, 1.165) is 6.07 Å².